The van der Waals surface area contributed by atoms with E-state index in [1.165, 1.54) is 18.1 Å². The number of hydrogen-bond donors (Lipinski definition) is 1. The molecule has 0 bridgehead atoms. The summed E-state index contributed by atoms with van der Waals surface area (Å²) in [5.74, 6) is -1.46. The highest BCUT2D eigenvalue weighted by molar-refractivity contribution is 6.51. The number of amides is 1. The first-order chi connectivity index (χ1) is 14.9. The lowest BCUT2D eigenvalue weighted by atomic mass is 9.94. The molecule has 1 unspecified atom stereocenters. The van der Waals surface area contributed by atoms with Gasteiger partial charge in [0.15, 0.2) is 0 Å². The zero-order valence-electron chi connectivity index (χ0n) is 17.0. The maximum Gasteiger partial charge on any atom is 0.300 e. The minimum absolute atomic E-state index is 0.0139. The molecule has 1 amide bonds. The van der Waals surface area contributed by atoms with Gasteiger partial charge in [-0.05, 0) is 42.3 Å². The number of halogens is 1. The van der Waals surface area contributed by atoms with E-state index in [0.717, 1.165) is 5.56 Å². The van der Waals surface area contributed by atoms with Crippen molar-refractivity contribution >= 4 is 34.7 Å². The van der Waals surface area contributed by atoms with Crippen LogP contribution in [-0.4, -0.2) is 23.9 Å². The molecule has 1 aliphatic heterocycles. The molecule has 1 heterocycles. The molecular weight excluding hydrogens is 414 g/mol. The molecule has 3 aromatic carbocycles. The van der Waals surface area contributed by atoms with E-state index in [1.54, 1.807) is 18.2 Å². The fraction of sp³-hybridized carbons (Fsp3) is 0.120. The summed E-state index contributed by atoms with van der Waals surface area (Å²) in [7, 11) is 1.46. The van der Waals surface area contributed by atoms with Gasteiger partial charge >= 0.3 is 0 Å². The average Bonchev–Trinajstić information content (AvgIpc) is 3.05. The number of Topliss-reactive ketones (excluding diaryl/α,β-unsaturated/α-hetero) is 1. The van der Waals surface area contributed by atoms with Gasteiger partial charge in [0.2, 0.25) is 0 Å². The second kappa shape index (κ2) is 8.28. The summed E-state index contributed by atoms with van der Waals surface area (Å²) in [4.78, 5) is 27.8. The second-order valence-electron chi connectivity index (χ2n) is 7.21. The van der Waals surface area contributed by atoms with E-state index in [2.05, 4.69) is 0 Å². The van der Waals surface area contributed by atoms with Crippen molar-refractivity contribution in [1.29, 1.82) is 0 Å². The molecular formula is C25H20ClNO4. The quantitative estimate of drug-likeness (QED) is 0.345. The van der Waals surface area contributed by atoms with E-state index in [-0.39, 0.29) is 16.9 Å². The van der Waals surface area contributed by atoms with Gasteiger partial charge in [-0.25, -0.2) is 0 Å². The van der Waals surface area contributed by atoms with Crippen LogP contribution in [0.3, 0.4) is 0 Å². The highest BCUT2D eigenvalue weighted by atomic mass is 35.5. The molecule has 1 atom stereocenters. The molecule has 31 heavy (non-hydrogen) atoms. The van der Waals surface area contributed by atoms with Crippen molar-refractivity contribution in [3.8, 4) is 5.75 Å². The highest BCUT2D eigenvalue weighted by Crippen LogP contribution is 2.44. The summed E-state index contributed by atoms with van der Waals surface area (Å²) in [5, 5.41) is 11.6. The number of ether oxygens (including phenoxy) is 1. The fourth-order valence-corrected chi connectivity index (χ4v) is 4.05. The van der Waals surface area contributed by atoms with Crippen molar-refractivity contribution in [2.45, 2.75) is 13.0 Å². The van der Waals surface area contributed by atoms with Gasteiger partial charge in [0.1, 0.15) is 11.5 Å². The van der Waals surface area contributed by atoms with E-state index in [9.17, 15) is 14.7 Å². The summed E-state index contributed by atoms with van der Waals surface area (Å²) in [5.41, 5.74) is 2.38. The predicted octanol–water partition coefficient (Wildman–Crippen LogP) is 5.28. The van der Waals surface area contributed by atoms with Crippen LogP contribution in [0.2, 0.25) is 5.02 Å². The van der Waals surface area contributed by atoms with Crippen molar-refractivity contribution in [1.82, 2.24) is 0 Å². The molecule has 6 heteroatoms. The minimum Gasteiger partial charge on any atom is -0.507 e. The van der Waals surface area contributed by atoms with Crippen molar-refractivity contribution in [2.75, 3.05) is 12.0 Å². The fourth-order valence-electron chi connectivity index (χ4n) is 3.88. The number of carbonyl (C=O) groups excluding carboxylic acids is 2. The number of methoxy groups -OCH3 is 1. The number of aliphatic hydroxyl groups excluding tert-OH is 1. The Bertz CT molecular complexity index is 1200. The molecule has 1 N–H and O–H groups in total. The standard InChI is InChI=1S/C25H20ClNO4/c1-15-8-6-7-11-19(15)27-22(16-9-4-3-5-10-16)21(24(29)25(27)30)23(28)18-14-17(26)12-13-20(18)31-2/h3-14,22,28H,1-2H3/b23-21+. The summed E-state index contributed by atoms with van der Waals surface area (Å²) in [6, 6.07) is 20.4. The molecule has 0 aliphatic carbocycles. The number of aliphatic hydroxyl groups is 1. The van der Waals surface area contributed by atoms with Crippen LogP contribution in [-0.2, 0) is 9.59 Å². The summed E-state index contributed by atoms with van der Waals surface area (Å²) < 4.78 is 5.35. The third-order valence-corrected chi connectivity index (χ3v) is 5.59. The molecule has 1 fully saturated rings. The third kappa shape index (κ3) is 3.57. The lowest BCUT2D eigenvalue weighted by Gasteiger charge is -2.26. The maximum absolute atomic E-state index is 13.2. The number of benzene rings is 3. The van der Waals surface area contributed by atoms with Crippen molar-refractivity contribution < 1.29 is 19.4 Å². The van der Waals surface area contributed by atoms with Gasteiger partial charge in [-0.1, -0.05) is 60.1 Å². The molecule has 0 aromatic heterocycles. The Labute approximate surface area is 185 Å². The van der Waals surface area contributed by atoms with Crippen LogP contribution >= 0.6 is 11.6 Å². The first-order valence-electron chi connectivity index (χ1n) is 9.69. The zero-order chi connectivity index (χ0) is 22.1. The monoisotopic (exact) mass is 433 g/mol. The van der Waals surface area contributed by atoms with Crippen LogP contribution < -0.4 is 9.64 Å². The van der Waals surface area contributed by atoms with E-state index < -0.39 is 17.7 Å². The number of rotatable bonds is 4. The first-order valence-corrected chi connectivity index (χ1v) is 10.1. The van der Waals surface area contributed by atoms with Crippen LogP contribution in [0.4, 0.5) is 5.69 Å². The summed E-state index contributed by atoms with van der Waals surface area (Å²) in [6.45, 7) is 1.87. The van der Waals surface area contributed by atoms with Crippen LogP contribution in [0, 0.1) is 6.92 Å². The Morgan fingerprint density at radius 2 is 1.68 bits per heavy atom. The molecule has 0 radical (unpaired) electrons. The van der Waals surface area contributed by atoms with Gasteiger partial charge < -0.3 is 9.84 Å². The van der Waals surface area contributed by atoms with Crippen molar-refractivity contribution in [3.63, 3.8) is 0 Å². The van der Waals surface area contributed by atoms with Crippen molar-refractivity contribution in [2.24, 2.45) is 0 Å². The van der Waals surface area contributed by atoms with Gasteiger partial charge in [-0.3, -0.25) is 14.5 Å². The zero-order valence-corrected chi connectivity index (χ0v) is 17.8. The number of nitrogens with zero attached hydrogens (tertiary/aromatic N) is 1. The lowest BCUT2D eigenvalue weighted by Crippen LogP contribution is -2.30. The molecule has 0 spiro atoms. The van der Waals surface area contributed by atoms with E-state index in [0.29, 0.717) is 22.0 Å². The number of aryl methyl sites for hydroxylation is 1. The molecule has 156 valence electrons. The average molecular weight is 434 g/mol. The molecule has 4 rings (SSSR count). The van der Waals surface area contributed by atoms with Crippen LogP contribution in [0.1, 0.15) is 22.7 Å². The second-order valence-corrected chi connectivity index (χ2v) is 7.65. The maximum atomic E-state index is 13.2. The Balaban J connectivity index is 2.00. The first kappa shape index (κ1) is 20.7. The van der Waals surface area contributed by atoms with Crippen LogP contribution in [0.5, 0.6) is 5.75 Å². The Morgan fingerprint density at radius 1 is 1.00 bits per heavy atom. The molecule has 1 saturated heterocycles. The normalized spacial score (nSPS) is 17.8. The Kier molecular flexibility index (Phi) is 5.53. The SMILES string of the molecule is COc1ccc(Cl)cc1/C(O)=C1\C(=O)C(=O)N(c2ccccc2C)C1c1ccccc1. The summed E-state index contributed by atoms with van der Waals surface area (Å²) in [6.07, 6.45) is 0. The van der Waals surface area contributed by atoms with Gasteiger partial charge in [-0.15, -0.1) is 0 Å². The van der Waals surface area contributed by atoms with Crippen molar-refractivity contribution in [3.05, 3.63) is 100 Å². The smallest absolute Gasteiger partial charge is 0.300 e. The topological polar surface area (TPSA) is 66.8 Å². The molecule has 0 saturated carbocycles. The van der Waals surface area contributed by atoms with E-state index in [1.807, 2.05) is 55.5 Å². The largest absolute Gasteiger partial charge is 0.507 e. The van der Waals surface area contributed by atoms with E-state index >= 15 is 0 Å². The van der Waals surface area contributed by atoms with Gasteiger partial charge in [0.05, 0.1) is 24.3 Å². The van der Waals surface area contributed by atoms with Gasteiger partial charge in [-0.2, -0.15) is 0 Å². The Hall–Kier alpha value is -3.57. The number of para-hydroxylation sites is 1. The van der Waals surface area contributed by atoms with Crippen LogP contribution in [0.25, 0.3) is 5.76 Å². The Morgan fingerprint density at radius 3 is 2.35 bits per heavy atom. The van der Waals surface area contributed by atoms with Gasteiger partial charge in [0.25, 0.3) is 11.7 Å². The van der Waals surface area contributed by atoms with Gasteiger partial charge in [0, 0.05) is 10.7 Å². The number of ketones is 1. The third-order valence-electron chi connectivity index (χ3n) is 5.35. The molecule has 3 aromatic rings. The molecule has 5 nitrogen and oxygen atoms in total. The lowest BCUT2D eigenvalue weighted by molar-refractivity contribution is -0.132. The summed E-state index contributed by atoms with van der Waals surface area (Å²) >= 11 is 6.14. The highest BCUT2D eigenvalue weighted by Gasteiger charge is 2.47. The van der Waals surface area contributed by atoms with E-state index in [4.69, 9.17) is 16.3 Å². The number of carbonyl (C=O) groups is 2. The number of hydrogen-bond acceptors (Lipinski definition) is 4. The molecule has 1 aliphatic rings. The van der Waals surface area contributed by atoms with Crippen LogP contribution in [0.15, 0.2) is 78.4 Å². The minimum atomic E-state index is -0.800. The number of anilines is 1. The predicted molar refractivity (Wildman–Crippen MR) is 120 cm³/mol.